The van der Waals surface area contributed by atoms with Gasteiger partial charge in [-0.05, 0) is 46.2 Å². The Morgan fingerprint density at radius 1 is 1.04 bits per heavy atom. The van der Waals surface area contributed by atoms with Gasteiger partial charge in [-0.1, -0.05) is 18.2 Å². The molecule has 0 heterocycles. The first kappa shape index (κ1) is 20.3. The van der Waals surface area contributed by atoms with Crippen LogP contribution in [-0.4, -0.2) is 56.2 Å². The van der Waals surface area contributed by atoms with Crippen molar-refractivity contribution in [3.63, 3.8) is 0 Å². The van der Waals surface area contributed by atoms with Crippen molar-refractivity contribution in [1.29, 1.82) is 0 Å². The third-order valence-corrected chi connectivity index (χ3v) is 3.84. The first-order chi connectivity index (χ1) is 11.5. The minimum Gasteiger partial charge on any atom is -0.492 e. The summed E-state index contributed by atoms with van der Waals surface area (Å²) in [5, 5.41) is 6.63. The molecule has 0 atom stereocenters. The Labute approximate surface area is 147 Å². The average molecular weight is 335 g/mol. The Bertz CT molecular complexity index is 452. The van der Waals surface area contributed by atoms with Gasteiger partial charge in [-0.3, -0.25) is 9.89 Å². The number of aliphatic imine (C=N–C) groups is 1. The second-order valence-electron chi connectivity index (χ2n) is 6.37. The number of ether oxygens (including phenoxy) is 1. The summed E-state index contributed by atoms with van der Waals surface area (Å²) in [6.45, 7) is 12.3. The van der Waals surface area contributed by atoms with Crippen LogP contribution in [0.2, 0.25) is 0 Å². The zero-order chi connectivity index (χ0) is 17.8. The fourth-order valence-corrected chi connectivity index (χ4v) is 2.66. The predicted molar refractivity (Wildman–Crippen MR) is 103 cm³/mol. The maximum Gasteiger partial charge on any atom is 0.191 e. The summed E-state index contributed by atoms with van der Waals surface area (Å²) in [6, 6.07) is 11.0. The molecule has 2 N–H and O–H groups in total. The molecule has 24 heavy (non-hydrogen) atoms. The summed E-state index contributed by atoms with van der Waals surface area (Å²) in [5.41, 5.74) is 0. The van der Waals surface area contributed by atoms with Gasteiger partial charge < -0.3 is 15.4 Å². The average Bonchev–Trinajstić information content (AvgIpc) is 2.56. The minimum atomic E-state index is 0.581. The van der Waals surface area contributed by atoms with Gasteiger partial charge in [0.25, 0.3) is 0 Å². The highest BCUT2D eigenvalue weighted by atomic mass is 16.5. The Morgan fingerprint density at radius 2 is 1.67 bits per heavy atom. The summed E-state index contributed by atoms with van der Waals surface area (Å²) in [5.74, 6) is 1.72. The number of para-hydroxylation sites is 1. The Kier molecular flexibility index (Phi) is 9.92. The van der Waals surface area contributed by atoms with E-state index in [2.05, 4.69) is 48.2 Å². The van der Waals surface area contributed by atoms with Crippen molar-refractivity contribution >= 4 is 5.96 Å². The van der Waals surface area contributed by atoms with Crippen molar-refractivity contribution in [1.82, 2.24) is 15.5 Å². The SMILES string of the molecule is CN=C(NCCCN(C(C)C)C(C)C)NCCOc1ccccc1. The largest absolute Gasteiger partial charge is 0.492 e. The second kappa shape index (κ2) is 11.7. The van der Waals surface area contributed by atoms with Crippen molar-refractivity contribution in [2.75, 3.05) is 33.3 Å². The third-order valence-electron chi connectivity index (χ3n) is 3.84. The van der Waals surface area contributed by atoms with Crippen LogP contribution < -0.4 is 15.4 Å². The first-order valence-electron chi connectivity index (χ1n) is 8.92. The quantitative estimate of drug-likeness (QED) is 0.392. The van der Waals surface area contributed by atoms with Crippen LogP contribution in [-0.2, 0) is 0 Å². The van der Waals surface area contributed by atoms with Crippen LogP contribution in [0.1, 0.15) is 34.1 Å². The molecule has 0 bridgehead atoms. The maximum atomic E-state index is 5.66. The summed E-state index contributed by atoms with van der Waals surface area (Å²) in [7, 11) is 1.79. The lowest BCUT2D eigenvalue weighted by Gasteiger charge is -2.30. The normalized spacial score (nSPS) is 12.1. The molecule has 0 radical (unpaired) electrons. The van der Waals surface area contributed by atoms with Crippen molar-refractivity contribution in [3.8, 4) is 5.75 Å². The fourth-order valence-electron chi connectivity index (χ4n) is 2.66. The van der Waals surface area contributed by atoms with Gasteiger partial charge in [0.2, 0.25) is 0 Å². The van der Waals surface area contributed by atoms with Crippen LogP contribution in [0.25, 0.3) is 0 Å². The van der Waals surface area contributed by atoms with Crippen molar-refractivity contribution in [2.45, 2.75) is 46.2 Å². The minimum absolute atomic E-state index is 0.581. The van der Waals surface area contributed by atoms with E-state index in [1.54, 1.807) is 7.05 Å². The summed E-state index contributed by atoms with van der Waals surface area (Å²) in [6.07, 6.45) is 1.09. The van der Waals surface area contributed by atoms with Gasteiger partial charge in [0.15, 0.2) is 5.96 Å². The molecule has 1 aromatic rings. The lowest BCUT2D eigenvalue weighted by atomic mass is 10.2. The highest BCUT2D eigenvalue weighted by Crippen LogP contribution is 2.07. The van der Waals surface area contributed by atoms with Crippen molar-refractivity contribution < 1.29 is 4.74 Å². The van der Waals surface area contributed by atoms with Crippen LogP contribution in [0.3, 0.4) is 0 Å². The smallest absolute Gasteiger partial charge is 0.191 e. The molecule has 0 fully saturated rings. The number of guanidine groups is 1. The Morgan fingerprint density at radius 3 is 2.25 bits per heavy atom. The van der Waals surface area contributed by atoms with Gasteiger partial charge in [0.1, 0.15) is 12.4 Å². The molecule has 0 aliphatic rings. The Balaban J connectivity index is 2.16. The fraction of sp³-hybridized carbons (Fsp3) is 0.632. The topological polar surface area (TPSA) is 48.9 Å². The molecule has 0 unspecified atom stereocenters. The molecule has 1 rings (SSSR count). The van der Waals surface area contributed by atoms with Crippen LogP contribution in [0.15, 0.2) is 35.3 Å². The van der Waals surface area contributed by atoms with E-state index < -0.39 is 0 Å². The lowest BCUT2D eigenvalue weighted by Crippen LogP contribution is -2.42. The van der Waals surface area contributed by atoms with Gasteiger partial charge in [-0.25, -0.2) is 0 Å². The van der Waals surface area contributed by atoms with Crippen molar-refractivity contribution in [3.05, 3.63) is 30.3 Å². The molecule has 0 aromatic heterocycles. The van der Waals surface area contributed by atoms with Gasteiger partial charge in [0.05, 0.1) is 6.54 Å². The van der Waals surface area contributed by atoms with Crippen LogP contribution in [0.5, 0.6) is 5.75 Å². The first-order valence-corrected chi connectivity index (χ1v) is 8.92. The summed E-state index contributed by atoms with van der Waals surface area (Å²) in [4.78, 5) is 6.75. The number of benzene rings is 1. The van der Waals surface area contributed by atoms with E-state index >= 15 is 0 Å². The molecule has 0 saturated heterocycles. The lowest BCUT2D eigenvalue weighted by molar-refractivity contribution is 0.173. The van der Waals surface area contributed by atoms with E-state index in [0.29, 0.717) is 18.7 Å². The molecule has 0 amide bonds. The Hall–Kier alpha value is -1.75. The third kappa shape index (κ3) is 8.20. The van der Waals surface area contributed by atoms with Crippen LogP contribution in [0, 0.1) is 0 Å². The molecule has 1 aromatic carbocycles. The van der Waals surface area contributed by atoms with Gasteiger partial charge in [-0.15, -0.1) is 0 Å². The number of rotatable bonds is 10. The molecular weight excluding hydrogens is 300 g/mol. The van der Waals surface area contributed by atoms with E-state index in [0.717, 1.165) is 37.8 Å². The number of hydrogen-bond acceptors (Lipinski definition) is 3. The second-order valence-corrected chi connectivity index (χ2v) is 6.37. The van der Waals surface area contributed by atoms with Crippen molar-refractivity contribution in [2.24, 2.45) is 4.99 Å². The highest BCUT2D eigenvalue weighted by molar-refractivity contribution is 5.79. The predicted octanol–water partition coefficient (Wildman–Crippen LogP) is 2.74. The zero-order valence-electron chi connectivity index (χ0n) is 15.9. The molecule has 5 heteroatoms. The zero-order valence-corrected chi connectivity index (χ0v) is 15.9. The van der Waals surface area contributed by atoms with Crippen LogP contribution in [0.4, 0.5) is 0 Å². The maximum absolute atomic E-state index is 5.66. The molecule has 0 saturated carbocycles. The van der Waals surface area contributed by atoms with E-state index in [1.165, 1.54) is 0 Å². The van der Waals surface area contributed by atoms with Gasteiger partial charge in [-0.2, -0.15) is 0 Å². The molecule has 0 aliphatic heterocycles. The summed E-state index contributed by atoms with van der Waals surface area (Å²) >= 11 is 0. The van der Waals surface area contributed by atoms with Gasteiger partial charge >= 0.3 is 0 Å². The molecule has 0 spiro atoms. The van der Waals surface area contributed by atoms with E-state index in [1.807, 2.05) is 30.3 Å². The monoisotopic (exact) mass is 334 g/mol. The number of nitrogens with zero attached hydrogens (tertiary/aromatic N) is 2. The van der Waals surface area contributed by atoms with Gasteiger partial charge in [0, 0.05) is 32.2 Å². The molecule has 0 aliphatic carbocycles. The van der Waals surface area contributed by atoms with E-state index in [-0.39, 0.29) is 0 Å². The highest BCUT2D eigenvalue weighted by Gasteiger charge is 2.12. The van der Waals surface area contributed by atoms with E-state index in [9.17, 15) is 0 Å². The summed E-state index contributed by atoms with van der Waals surface area (Å²) < 4.78 is 5.66. The number of nitrogens with one attached hydrogen (secondary N) is 2. The van der Waals surface area contributed by atoms with E-state index in [4.69, 9.17) is 4.74 Å². The van der Waals surface area contributed by atoms with Crippen LogP contribution >= 0.6 is 0 Å². The number of hydrogen-bond donors (Lipinski definition) is 2. The standard InChI is InChI=1S/C19H34N4O/c1-16(2)23(17(3)4)14-9-12-21-19(20-5)22-13-15-24-18-10-7-6-8-11-18/h6-8,10-11,16-17H,9,12-15H2,1-5H3,(H2,20,21,22). The molecule has 136 valence electrons. The molecule has 5 nitrogen and oxygen atoms in total. The molecular formula is C19H34N4O.